The second kappa shape index (κ2) is 7.05. The topological polar surface area (TPSA) is 49.8 Å². The largest absolute Gasteiger partial charge is 0.388 e. The van der Waals surface area contributed by atoms with Crippen molar-refractivity contribution in [3.63, 3.8) is 0 Å². The molecule has 1 unspecified atom stereocenters. The minimum Gasteiger partial charge on any atom is -0.388 e. The molecule has 1 saturated carbocycles. The SMILES string of the molecule is CC(OCc1ccccc1)C(=O)N(C)CC1(O)CCCC1. The Bertz CT molecular complexity index is 454. The van der Waals surface area contributed by atoms with E-state index in [1.807, 2.05) is 30.3 Å². The minimum atomic E-state index is -0.705. The van der Waals surface area contributed by atoms with E-state index in [4.69, 9.17) is 4.74 Å². The van der Waals surface area contributed by atoms with Gasteiger partial charge >= 0.3 is 0 Å². The summed E-state index contributed by atoms with van der Waals surface area (Å²) in [5.74, 6) is -0.0775. The molecule has 4 nitrogen and oxygen atoms in total. The summed E-state index contributed by atoms with van der Waals surface area (Å²) >= 11 is 0. The van der Waals surface area contributed by atoms with Gasteiger partial charge in [0.15, 0.2) is 0 Å². The monoisotopic (exact) mass is 291 g/mol. The molecular formula is C17H25NO3. The summed E-state index contributed by atoms with van der Waals surface area (Å²) < 4.78 is 5.64. The van der Waals surface area contributed by atoms with Gasteiger partial charge < -0.3 is 14.7 Å². The Morgan fingerprint density at radius 1 is 1.33 bits per heavy atom. The van der Waals surface area contributed by atoms with Crippen molar-refractivity contribution in [2.45, 2.75) is 50.9 Å². The van der Waals surface area contributed by atoms with E-state index < -0.39 is 11.7 Å². The third-order valence-electron chi connectivity index (χ3n) is 4.13. The summed E-state index contributed by atoms with van der Waals surface area (Å²) in [6, 6.07) is 9.80. The summed E-state index contributed by atoms with van der Waals surface area (Å²) in [6.45, 7) is 2.58. The number of aliphatic hydroxyl groups is 1. The van der Waals surface area contributed by atoms with E-state index in [-0.39, 0.29) is 5.91 Å². The molecule has 1 aliphatic carbocycles. The molecule has 0 aromatic heterocycles. The molecule has 2 rings (SSSR count). The van der Waals surface area contributed by atoms with Crippen molar-refractivity contribution in [2.24, 2.45) is 0 Å². The maximum Gasteiger partial charge on any atom is 0.251 e. The highest BCUT2D eigenvalue weighted by molar-refractivity contribution is 5.80. The molecule has 1 amide bonds. The fraction of sp³-hybridized carbons (Fsp3) is 0.588. The van der Waals surface area contributed by atoms with Crippen LogP contribution < -0.4 is 0 Å². The van der Waals surface area contributed by atoms with Crippen LogP contribution >= 0.6 is 0 Å². The van der Waals surface area contributed by atoms with Crippen molar-refractivity contribution in [2.75, 3.05) is 13.6 Å². The standard InChI is InChI=1S/C17H25NO3/c1-14(21-12-15-8-4-3-5-9-15)16(19)18(2)13-17(20)10-6-7-11-17/h3-5,8-9,14,20H,6-7,10-13H2,1-2H3. The maximum atomic E-state index is 12.3. The van der Waals surface area contributed by atoms with Gasteiger partial charge in [-0.2, -0.15) is 0 Å². The van der Waals surface area contributed by atoms with Crippen molar-refractivity contribution in [1.29, 1.82) is 0 Å². The smallest absolute Gasteiger partial charge is 0.251 e. The summed E-state index contributed by atoms with van der Waals surface area (Å²) in [4.78, 5) is 13.9. The number of amides is 1. The molecule has 1 atom stereocenters. The first-order chi connectivity index (χ1) is 10.0. The first-order valence-corrected chi connectivity index (χ1v) is 7.63. The van der Waals surface area contributed by atoms with Crippen LogP contribution in [0.15, 0.2) is 30.3 Å². The normalized spacial score (nSPS) is 18.4. The van der Waals surface area contributed by atoms with E-state index in [1.54, 1.807) is 18.9 Å². The van der Waals surface area contributed by atoms with Crippen LogP contribution in [0.4, 0.5) is 0 Å². The summed E-state index contributed by atoms with van der Waals surface area (Å²) in [5, 5.41) is 10.4. The molecule has 0 spiro atoms. The predicted molar refractivity (Wildman–Crippen MR) is 81.7 cm³/mol. The van der Waals surface area contributed by atoms with Crippen LogP contribution in [0.3, 0.4) is 0 Å². The van der Waals surface area contributed by atoms with Gasteiger partial charge in [0.05, 0.1) is 12.2 Å². The van der Waals surface area contributed by atoms with Crippen LogP contribution in [0.5, 0.6) is 0 Å². The van der Waals surface area contributed by atoms with Crippen molar-refractivity contribution in [3.8, 4) is 0 Å². The number of benzene rings is 1. The highest BCUT2D eigenvalue weighted by atomic mass is 16.5. The lowest BCUT2D eigenvalue weighted by atomic mass is 10.0. The number of hydrogen-bond acceptors (Lipinski definition) is 3. The van der Waals surface area contributed by atoms with Gasteiger partial charge in [-0.15, -0.1) is 0 Å². The molecule has 1 aromatic rings. The molecule has 0 saturated heterocycles. The van der Waals surface area contributed by atoms with E-state index in [2.05, 4.69) is 0 Å². The molecule has 116 valence electrons. The number of hydrogen-bond donors (Lipinski definition) is 1. The Morgan fingerprint density at radius 3 is 2.57 bits per heavy atom. The lowest BCUT2D eigenvalue weighted by molar-refractivity contribution is -0.145. The van der Waals surface area contributed by atoms with Gasteiger partial charge in [-0.25, -0.2) is 0 Å². The summed E-state index contributed by atoms with van der Waals surface area (Å²) in [6.07, 6.45) is 3.14. The van der Waals surface area contributed by atoms with Crippen molar-refractivity contribution in [3.05, 3.63) is 35.9 Å². The second-order valence-corrected chi connectivity index (χ2v) is 6.06. The number of rotatable bonds is 6. The first kappa shape index (κ1) is 16.0. The molecule has 0 heterocycles. The molecule has 0 aliphatic heterocycles. The Balaban J connectivity index is 1.81. The fourth-order valence-corrected chi connectivity index (χ4v) is 2.89. The molecule has 4 heteroatoms. The number of carbonyl (C=O) groups excluding carboxylic acids is 1. The fourth-order valence-electron chi connectivity index (χ4n) is 2.89. The Morgan fingerprint density at radius 2 is 1.95 bits per heavy atom. The molecule has 1 aromatic carbocycles. The molecule has 1 fully saturated rings. The average molecular weight is 291 g/mol. The van der Waals surface area contributed by atoms with Crippen LogP contribution in [0.2, 0.25) is 0 Å². The predicted octanol–water partition coefficient (Wildman–Crippen LogP) is 2.36. The molecule has 0 bridgehead atoms. The highest BCUT2D eigenvalue weighted by Gasteiger charge is 2.34. The summed E-state index contributed by atoms with van der Waals surface area (Å²) in [5.41, 5.74) is 0.345. The minimum absolute atomic E-state index is 0.0775. The zero-order chi connectivity index (χ0) is 15.3. The van der Waals surface area contributed by atoms with E-state index >= 15 is 0 Å². The third kappa shape index (κ3) is 4.55. The molecule has 1 N–H and O–H groups in total. The van der Waals surface area contributed by atoms with Gasteiger partial charge in [0.1, 0.15) is 6.10 Å². The van der Waals surface area contributed by atoms with Gasteiger partial charge in [-0.05, 0) is 25.3 Å². The first-order valence-electron chi connectivity index (χ1n) is 7.63. The molecule has 0 radical (unpaired) electrons. The van der Waals surface area contributed by atoms with Crippen molar-refractivity contribution >= 4 is 5.91 Å². The van der Waals surface area contributed by atoms with Gasteiger partial charge in [-0.3, -0.25) is 4.79 Å². The molecule has 1 aliphatic rings. The second-order valence-electron chi connectivity index (χ2n) is 6.06. The number of ether oxygens (including phenoxy) is 1. The van der Waals surface area contributed by atoms with Crippen LogP contribution in [0, 0.1) is 0 Å². The Kier molecular flexibility index (Phi) is 5.37. The van der Waals surface area contributed by atoms with Crippen molar-refractivity contribution in [1.82, 2.24) is 4.90 Å². The highest BCUT2D eigenvalue weighted by Crippen LogP contribution is 2.30. The third-order valence-corrected chi connectivity index (χ3v) is 4.13. The number of carbonyl (C=O) groups is 1. The van der Waals surface area contributed by atoms with E-state index in [9.17, 15) is 9.90 Å². The van der Waals surface area contributed by atoms with E-state index in [0.717, 1.165) is 31.2 Å². The van der Waals surface area contributed by atoms with Crippen LogP contribution in [0.1, 0.15) is 38.2 Å². The zero-order valence-electron chi connectivity index (χ0n) is 12.9. The Hall–Kier alpha value is -1.39. The van der Waals surface area contributed by atoms with Crippen molar-refractivity contribution < 1.29 is 14.6 Å². The van der Waals surface area contributed by atoms with E-state index in [1.165, 1.54) is 0 Å². The Labute approximate surface area is 126 Å². The van der Waals surface area contributed by atoms with Gasteiger partial charge in [0.25, 0.3) is 5.91 Å². The lowest BCUT2D eigenvalue weighted by Gasteiger charge is -2.30. The van der Waals surface area contributed by atoms with Gasteiger partial charge in [0, 0.05) is 13.6 Å². The molecule has 21 heavy (non-hydrogen) atoms. The van der Waals surface area contributed by atoms with Crippen LogP contribution in [-0.4, -0.2) is 41.2 Å². The van der Waals surface area contributed by atoms with Gasteiger partial charge in [0.2, 0.25) is 0 Å². The number of likely N-dealkylation sites (N-methyl/N-ethyl adjacent to an activating group) is 1. The average Bonchev–Trinajstić information content (AvgIpc) is 2.91. The quantitative estimate of drug-likeness (QED) is 0.875. The van der Waals surface area contributed by atoms with Gasteiger partial charge in [-0.1, -0.05) is 43.2 Å². The lowest BCUT2D eigenvalue weighted by Crippen LogP contribution is -2.45. The molecular weight excluding hydrogens is 266 g/mol. The summed E-state index contributed by atoms with van der Waals surface area (Å²) in [7, 11) is 1.74. The van der Waals surface area contributed by atoms with Crippen LogP contribution in [-0.2, 0) is 16.1 Å². The zero-order valence-corrected chi connectivity index (χ0v) is 12.9. The van der Waals surface area contributed by atoms with E-state index in [0.29, 0.717) is 13.2 Å². The number of nitrogens with zero attached hydrogens (tertiary/aromatic N) is 1. The maximum absolute atomic E-state index is 12.3. The van der Waals surface area contributed by atoms with Crippen LogP contribution in [0.25, 0.3) is 0 Å².